The number of hydrogen-bond acceptors (Lipinski definition) is 7. The number of fused-ring (bicyclic) bond motifs is 1. The van der Waals surface area contributed by atoms with Crippen LogP contribution < -0.4 is 20.7 Å². The number of carbonyl (C=O) groups is 2. The molecule has 1 aliphatic rings. The van der Waals surface area contributed by atoms with E-state index in [4.69, 9.17) is 14.2 Å². The Hall–Kier alpha value is -4.34. The number of anilines is 1. The number of urea groups is 1. The summed E-state index contributed by atoms with van der Waals surface area (Å²) in [6.45, 7) is 9.10. The van der Waals surface area contributed by atoms with Gasteiger partial charge < -0.3 is 39.3 Å². The maximum absolute atomic E-state index is 15.2. The number of benzene rings is 1. The van der Waals surface area contributed by atoms with Gasteiger partial charge in [0, 0.05) is 70.6 Å². The number of nitrogens with one attached hydrogen (secondary N) is 3. The summed E-state index contributed by atoms with van der Waals surface area (Å²) in [6.07, 6.45) is 6.29. The molecule has 0 aliphatic carbocycles. The fraction of sp³-hybridized carbons (Fsp3) is 0.400. The molecule has 1 fully saturated rings. The standard InChI is InChI=1S/C30H37F2N7O5Si/c1-38-17-33-12-21(38)13-35-29(40)22-14-39(18-42-7-8-45(2,3)4)28-26(22)25(5-6-34-28)44-27-23(31)9-20(10-24(27)32)37-30(41)36-11-19-15-43-16-19/h5-6,9-10,12,14,17,19H,7-8,11,13,15-16,18H2,1-4H3,(H,35,40)(H2,36,37,41). The largest absolute Gasteiger partial charge is 0.450 e. The summed E-state index contributed by atoms with van der Waals surface area (Å²) in [4.78, 5) is 34.2. The summed E-state index contributed by atoms with van der Waals surface area (Å²) < 4.78 is 50.7. The lowest BCUT2D eigenvalue weighted by Crippen LogP contribution is -2.40. The summed E-state index contributed by atoms with van der Waals surface area (Å²) in [6, 6.07) is 3.70. The first-order chi connectivity index (χ1) is 21.5. The molecule has 15 heteroatoms. The minimum Gasteiger partial charge on any atom is -0.450 e. The number of carbonyl (C=O) groups excluding carboxylic acids is 2. The van der Waals surface area contributed by atoms with Crippen molar-refractivity contribution in [2.45, 2.75) is 39.0 Å². The molecule has 3 N–H and O–H groups in total. The first kappa shape index (κ1) is 32.1. The van der Waals surface area contributed by atoms with Crippen LogP contribution in [0.1, 0.15) is 16.1 Å². The predicted molar refractivity (Wildman–Crippen MR) is 166 cm³/mol. The molecule has 12 nitrogen and oxygen atoms in total. The van der Waals surface area contributed by atoms with E-state index in [1.807, 2.05) is 7.05 Å². The minimum atomic E-state index is -1.33. The molecule has 0 atom stereocenters. The minimum absolute atomic E-state index is 0.0190. The van der Waals surface area contributed by atoms with E-state index in [2.05, 4.69) is 45.6 Å². The number of aryl methyl sites for hydroxylation is 1. The van der Waals surface area contributed by atoms with Gasteiger partial charge in [-0.25, -0.2) is 23.5 Å². The highest BCUT2D eigenvalue weighted by Gasteiger charge is 2.24. The Kier molecular flexibility index (Phi) is 9.79. The molecule has 0 bridgehead atoms. The third-order valence-electron chi connectivity index (χ3n) is 7.26. The van der Waals surface area contributed by atoms with Crippen molar-refractivity contribution in [1.82, 2.24) is 29.7 Å². The lowest BCUT2D eigenvalue weighted by atomic mass is 10.1. The van der Waals surface area contributed by atoms with Gasteiger partial charge in [-0.15, -0.1) is 0 Å². The van der Waals surface area contributed by atoms with Crippen LogP contribution in [-0.4, -0.2) is 65.5 Å². The van der Waals surface area contributed by atoms with Gasteiger partial charge in [0.2, 0.25) is 0 Å². The normalized spacial score (nSPS) is 13.5. The monoisotopic (exact) mass is 641 g/mol. The topological polar surface area (TPSA) is 134 Å². The van der Waals surface area contributed by atoms with Gasteiger partial charge in [0.05, 0.1) is 42.7 Å². The Balaban J connectivity index is 1.39. The SMILES string of the molecule is Cn1cncc1CNC(=O)c1cn(COCC[Si](C)(C)C)c2nccc(Oc3c(F)cc(NC(=O)NCC4COC4)cc3F)c12. The molecule has 1 aliphatic heterocycles. The molecule has 4 heterocycles. The lowest BCUT2D eigenvalue weighted by molar-refractivity contribution is -0.0292. The Morgan fingerprint density at radius 3 is 2.56 bits per heavy atom. The van der Waals surface area contributed by atoms with E-state index < -0.39 is 37.4 Å². The molecule has 0 saturated carbocycles. The first-order valence-electron chi connectivity index (χ1n) is 14.6. The van der Waals surface area contributed by atoms with Crippen molar-refractivity contribution >= 4 is 36.7 Å². The van der Waals surface area contributed by atoms with Gasteiger partial charge in [0.1, 0.15) is 18.1 Å². The van der Waals surface area contributed by atoms with Crippen LogP contribution >= 0.6 is 0 Å². The zero-order valence-electron chi connectivity index (χ0n) is 25.7. The summed E-state index contributed by atoms with van der Waals surface area (Å²) in [5.41, 5.74) is 1.23. The van der Waals surface area contributed by atoms with Gasteiger partial charge in [0.25, 0.3) is 5.91 Å². The van der Waals surface area contributed by atoms with Gasteiger partial charge in [-0.3, -0.25) is 4.79 Å². The summed E-state index contributed by atoms with van der Waals surface area (Å²) >= 11 is 0. The summed E-state index contributed by atoms with van der Waals surface area (Å²) in [5.74, 6) is -2.99. The quantitative estimate of drug-likeness (QED) is 0.140. The van der Waals surface area contributed by atoms with Crippen molar-refractivity contribution < 1.29 is 32.6 Å². The Morgan fingerprint density at radius 1 is 1.16 bits per heavy atom. The van der Waals surface area contributed by atoms with Crippen LogP contribution in [0.15, 0.2) is 43.1 Å². The second-order valence-electron chi connectivity index (χ2n) is 12.2. The molecule has 0 radical (unpaired) electrons. The third-order valence-corrected chi connectivity index (χ3v) is 8.97. The first-order valence-corrected chi connectivity index (χ1v) is 18.3. The number of hydrogen-bond donors (Lipinski definition) is 3. The van der Waals surface area contributed by atoms with Crippen LogP contribution in [0.4, 0.5) is 19.3 Å². The van der Waals surface area contributed by atoms with Gasteiger partial charge in [-0.05, 0) is 12.1 Å². The van der Waals surface area contributed by atoms with Crippen molar-refractivity contribution in [2.75, 3.05) is 31.7 Å². The van der Waals surface area contributed by atoms with E-state index in [1.165, 1.54) is 12.3 Å². The van der Waals surface area contributed by atoms with Gasteiger partial charge in [0.15, 0.2) is 17.4 Å². The highest BCUT2D eigenvalue weighted by atomic mass is 28.3. The molecule has 0 spiro atoms. The Bertz CT molecular complexity index is 1660. The molecule has 3 aromatic heterocycles. The van der Waals surface area contributed by atoms with Crippen molar-refractivity contribution in [2.24, 2.45) is 13.0 Å². The average Bonchev–Trinajstić information content (AvgIpc) is 3.54. The predicted octanol–water partition coefficient (Wildman–Crippen LogP) is 4.85. The summed E-state index contributed by atoms with van der Waals surface area (Å²) in [5, 5.41) is 8.20. The van der Waals surface area contributed by atoms with E-state index in [0.29, 0.717) is 32.0 Å². The van der Waals surface area contributed by atoms with Gasteiger partial charge >= 0.3 is 6.03 Å². The number of halogens is 2. The second kappa shape index (κ2) is 13.7. The van der Waals surface area contributed by atoms with Crippen LogP contribution in [0.2, 0.25) is 25.7 Å². The maximum atomic E-state index is 15.2. The van der Waals surface area contributed by atoms with Crippen LogP contribution in [-0.2, 0) is 29.8 Å². The number of aromatic nitrogens is 4. The molecular formula is C30H37F2N7O5Si. The fourth-order valence-electron chi connectivity index (χ4n) is 4.56. The fourth-order valence-corrected chi connectivity index (χ4v) is 5.31. The molecule has 240 valence electrons. The number of nitrogens with zero attached hydrogens (tertiary/aromatic N) is 4. The Morgan fingerprint density at radius 2 is 1.91 bits per heavy atom. The molecule has 45 heavy (non-hydrogen) atoms. The van der Waals surface area contributed by atoms with E-state index in [0.717, 1.165) is 23.9 Å². The molecule has 5 rings (SSSR count). The van der Waals surface area contributed by atoms with Crippen molar-refractivity contribution in [3.05, 3.63) is 66.0 Å². The smallest absolute Gasteiger partial charge is 0.319 e. The molecule has 3 amide bonds. The van der Waals surface area contributed by atoms with E-state index >= 15 is 8.78 Å². The zero-order chi connectivity index (χ0) is 32.1. The van der Waals surface area contributed by atoms with Crippen LogP contribution in [0, 0.1) is 17.6 Å². The zero-order valence-corrected chi connectivity index (χ0v) is 26.7. The number of rotatable bonds is 13. The highest BCUT2D eigenvalue weighted by molar-refractivity contribution is 6.76. The second-order valence-corrected chi connectivity index (χ2v) is 17.8. The van der Waals surface area contributed by atoms with E-state index in [1.54, 1.807) is 27.9 Å². The number of imidazole rings is 1. The van der Waals surface area contributed by atoms with Crippen LogP contribution in [0.25, 0.3) is 11.0 Å². The highest BCUT2D eigenvalue weighted by Crippen LogP contribution is 2.36. The number of pyridine rings is 1. The lowest BCUT2D eigenvalue weighted by Gasteiger charge is -2.25. The van der Waals surface area contributed by atoms with E-state index in [-0.39, 0.29) is 41.6 Å². The average molecular weight is 642 g/mol. The summed E-state index contributed by atoms with van der Waals surface area (Å²) in [7, 11) is 0.483. The van der Waals surface area contributed by atoms with Gasteiger partial charge in [-0.2, -0.15) is 0 Å². The molecule has 4 aromatic rings. The number of ether oxygens (including phenoxy) is 3. The van der Waals surface area contributed by atoms with Crippen molar-refractivity contribution in [1.29, 1.82) is 0 Å². The molecule has 1 saturated heterocycles. The molecule has 0 unspecified atom stereocenters. The third kappa shape index (κ3) is 8.04. The van der Waals surface area contributed by atoms with E-state index in [9.17, 15) is 9.59 Å². The van der Waals surface area contributed by atoms with Crippen LogP contribution in [0.5, 0.6) is 11.5 Å². The molecule has 1 aromatic carbocycles. The Labute approximate surface area is 260 Å². The van der Waals surface area contributed by atoms with Crippen LogP contribution in [0.3, 0.4) is 0 Å². The van der Waals surface area contributed by atoms with Crippen molar-refractivity contribution in [3.63, 3.8) is 0 Å². The molecular weight excluding hydrogens is 604 g/mol. The maximum Gasteiger partial charge on any atom is 0.319 e. The number of amides is 3. The van der Waals surface area contributed by atoms with Crippen molar-refractivity contribution in [3.8, 4) is 11.5 Å². The van der Waals surface area contributed by atoms with Gasteiger partial charge in [-0.1, -0.05) is 19.6 Å².